The topological polar surface area (TPSA) is 66.4 Å². The van der Waals surface area contributed by atoms with Crippen LogP contribution in [0, 0.1) is 5.82 Å². The summed E-state index contributed by atoms with van der Waals surface area (Å²) in [5.74, 6) is -0.955. The lowest BCUT2D eigenvalue weighted by molar-refractivity contribution is 0.475. The number of nitrogens with one attached hydrogen (secondary N) is 1. The molecule has 0 bridgehead atoms. The van der Waals surface area contributed by atoms with Gasteiger partial charge in [0, 0.05) is 6.07 Å². The largest absolute Gasteiger partial charge is 0.508 e. The molecule has 0 amide bonds. The van der Waals surface area contributed by atoms with Crippen LogP contribution in [0.4, 0.5) is 10.1 Å². The number of hydrogen-bond acceptors (Lipinski definition) is 3. The van der Waals surface area contributed by atoms with Crippen LogP contribution >= 0.6 is 11.6 Å². The Morgan fingerprint density at radius 1 is 1.16 bits per heavy atom. The molecule has 0 saturated carbocycles. The van der Waals surface area contributed by atoms with Crippen LogP contribution in [0.1, 0.15) is 0 Å². The Bertz CT molecular complexity index is 719. The molecule has 0 aliphatic heterocycles. The van der Waals surface area contributed by atoms with Gasteiger partial charge in [0.25, 0.3) is 10.0 Å². The first-order valence-corrected chi connectivity index (χ1v) is 7.02. The molecule has 0 fully saturated rings. The number of hydrogen-bond donors (Lipinski definition) is 2. The van der Waals surface area contributed by atoms with Gasteiger partial charge in [0.05, 0.1) is 10.7 Å². The lowest BCUT2D eigenvalue weighted by Crippen LogP contribution is -2.14. The highest BCUT2D eigenvalue weighted by atomic mass is 35.5. The van der Waals surface area contributed by atoms with Crippen molar-refractivity contribution in [1.82, 2.24) is 0 Å². The van der Waals surface area contributed by atoms with Gasteiger partial charge >= 0.3 is 0 Å². The number of phenols is 1. The summed E-state index contributed by atoms with van der Waals surface area (Å²) in [4.78, 5) is -0.473. The Hall–Kier alpha value is -1.79. The lowest BCUT2D eigenvalue weighted by atomic mass is 10.3. The Morgan fingerprint density at radius 2 is 1.84 bits per heavy atom. The zero-order valence-electron chi connectivity index (χ0n) is 9.47. The second-order valence-corrected chi connectivity index (χ2v) is 5.76. The summed E-state index contributed by atoms with van der Waals surface area (Å²) in [7, 11) is -4.07. The smallest absolute Gasteiger partial charge is 0.264 e. The summed E-state index contributed by atoms with van der Waals surface area (Å²) in [5, 5.41) is 9.19. The fourth-order valence-corrected chi connectivity index (χ4v) is 2.89. The highest BCUT2D eigenvalue weighted by Gasteiger charge is 2.19. The second kappa shape index (κ2) is 5.07. The molecule has 7 heteroatoms. The van der Waals surface area contributed by atoms with Crippen LogP contribution in [-0.4, -0.2) is 13.5 Å². The van der Waals surface area contributed by atoms with Crippen molar-refractivity contribution in [3.05, 3.63) is 53.3 Å². The molecule has 0 aliphatic rings. The van der Waals surface area contributed by atoms with Crippen molar-refractivity contribution in [3.63, 3.8) is 0 Å². The van der Waals surface area contributed by atoms with Gasteiger partial charge in [-0.15, -0.1) is 0 Å². The van der Waals surface area contributed by atoms with Crippen LogP contribution in [0.5, 0.6) is 5.75 Å². The third-order valence-corrected chi connectivity index (χ3v) is 4.03. The van der Waals surface area contributed by atoms with Crippen LogP contribution in [0.15, 0.2) is 47.4 Å². The zero-order chi connectivity index (χ0) is 14.0. The van der Waals surface area contributed by atoms with Gasteiger partial charge in [0.1, 0.15) is 16.5 Å². The van der Waals surface area contributed by atoms with Gasteiger partial charge in [-0.1, -0.05) is 23.7 Å². The summed E-state index contributed by atoms with van der Waals surface area (Å²) in [6.07, 6.45) is 0. The molecule has 0 aromatic heterocycles. The van der Waals surface area contributed by atoms with Crippen LogP contribution in [0.25, 0.3) is 0 Å². The molecule has 0 saturated heterocycles. The van der Waals surface area contributed by atoms with E-state index in [-0.39, 0.29) is 16.5 Å². The number of aromatic hydroxyl groups is 1. The van der Waals surface area contributed by atoms with Gasteiger partial charge in [-0.25, -0.2) is 12.8 Å². The van der Waals surface area contributed by atoms with Gasteiger partial charge in [-0.2, -0.15) is 0 Å². The van der Waals surface area contributed by atoms with E-state index in [1.54, 1.807) is 0 Å². The minimum absolute atomic E-state index is 0.0138. The highest BCUT2D eigenvalue weighted by Crippen LogP contribution is 2.28. The Morgan fingerprint density at radius 3 is 2.47 bits per heavy atom. The van der Waals surface area contributed by atoms with Gasteiger partial charge in [0.15, 0.2) is 0 Å². The third-order valence-electron chi connectivity index (χ3n) is 2.32. The van der Waals surface area contributed by atoms with E-state index < -0.39 is 20.7 Å². The Kier molecular flexibility index (Phi) is 3.64. The van der Waals surface area contributed by atoms with Crippen molar-refractivity contribution in [2.75, 3.05) is 4.72 Å². The van der Waals surface area contributed by atoms with Gasteiger partial charge in [-0.05, 0) is 24.3 Å². The second-order valence-electron chi connectivity index (χ2n) is 3.70. The Balaban J connectivity index is 2.40. The molecule has 0 unspecified atom stereocenters. The Labute approximate surface area is 114 Å². The number of sulfonamides is 1. The molecule has 2 aromatic carbocycles. The predicted molar refractivity (Wildman–Crippen MR) is 70.3 cm³/mol. The molecular weight excluding hydrogens is 293 g/mol. The van der Waals surface area contributed by atoms with Crippen molar-refractivity contribution in [2.24, 2.45) is 0 Å². The summed E-state index contributed by atoms with van der Waals surface area (Å²) in [6.45, 7) is 0. The number of anilines is 1. The fourth-order valence-electron chi connectivity index (χ4n) is 1.45. The molecule has 100 valence electrons. The molecule has 2 rings (SSSR count). The summed E-state index contributed by atoms with van der Waals surface area (Å²) in [5.41, 5.74) is 0.0581. The molecule has 19 heavy (non-hydrogen) atoms. The van der Waals surface area contributed by atoms with Crippen molar-refractivity contribution < 1.29 is 17.9 Å². The number of halogens is 2. The zero-order valence-corrected chi connectivity index (χ0v) is 11.0. The fraction of sp³-hybridized carbons (Fsp3) is 0. The molecule has 0 atom stereocenters. The van der Waals surface area contributed by atoms with Gasteiger partial charge in [-0.3, -0.25) is 4.72 Å². The maximum atomic E-state index is 13.5. The van der Waals surface area contributed by atoms with E-state index in [0.717, 1.165) is 12.1 Å². The van der Waals surface area contributed by atoms with E-state index in [4.69, 9.17) is 11.6 Å². The molecule has 2 N–H and O–H groups in total. The van der Waals surface area contributed by atoms with Crippen LogP contribution in [0.2, 0.25) is 5.02 Å². The number of phenolic OH excluding ortho intramolecular Hbond substituents is 1. The van der Waals surface area contributed by atoms with Crippen molar-refractivity contribution >= 4 is 27.3 Å². The normalized spacial score (nSPS) is 11.3. The van der Waals surface area contributed by atoms with Crippen LogP contribution in [-0.2, 0) is 10.0 Å². The monoisotopic (exact) mass is 301 g/mol. The summed E-state index contributed by atoms with van der Waals surface area (Å²) >= 11 is 5.78. The maximum Gasteiger partial charge on any atom is 0.264 e. The van der Waals surface area contributed by atoms with Crippen molar-refractivity contribution in [1.29, 1.82) is 0 Å². The minimum atomic E-state index is -4.07. The van der Waals surface area contributed by atoms with E-state index in [2.05, 4.69) is 4.72 Å². The third kappa shape index (κ3) is 2.97. The minimum Gasteiger partial charge on any atom is -0.508 e. The van der Waals surface area contributed by atoms with E-state index in [1.165, 1.54) is 30.3 Å². The molecule has 0 aliphatic carbocycles. The van der Waals surface area contributed by atoms with Crippen molar-refractivity contribution in [2.45, 2.75) is 4.90 Å². The number of benzene rings is 2. The molecule has 4 nitrogen and oxygen atoms in total. The molecule has 0 radical (unpaired) electrons. The van der Waals surface area contributed by atoms with E-state index in [9.17, 15) is 17.9 Å². The SMILES string of the molecule is O=S(=O)(Nc1ccc(O)cc1Cl)c1ccccc1F. The van der Waals surface area contributed by atoms with Gasteiger partial charge < -0.3 is 5.11 Å². The molecule has 2 aromatic rings. The standard InChI is InChI=1S/C12H9ClFNO3S/c13-9-7-8(16)5-6-11(9)15-19(17,18)12-4-2-1-3-10(12)14/h1-7,15-16H. The van der Waals surface area contributed by atoms with E-state index in [1.807, 2.05) is 0 Å². The molecule has 0 spiro atoms. The van der Waals surface area contributed by atoms with Crippen molar-refractivity contribution in [3.8, 4) is 5.75 Å². The average molecular weight is 302 g/mol. The molecule has 0 heterocycles. The van der Waals surface area contributed by atoms with Crippen LogP contribution < -0.4 is 4.72 Å². The van der Waals surface area contributed by atoms with E-state index >= 15 is 0 Å². The lowest BCUT2D eigenvalue weighted by Gasteiger charge is -2.10. The molecular formula is C12H9ClFNO3S. The highest BCUT2D eigenvalue weighted by molar-refractivity contribution is 7.92. The first-order valence-electron chi connectivity index (χ1n) is 5.16. The number of rotatable bonds is 3. The van der Waals surface area contributed by atoms with Gasteiger partial charge in [0.2, 0.25) is 0 Å². The first-order chi connectivity index (χ1) is 8.90. The quantitative estimate of drug-likeness (QED) is 0.857. The maximum absolute atomic E-state index is 13.5. The van der Waals surface area contributed by atoms with Crippen LogP contribution in [0.3, 0.4) is 0 Å². The summed E-state index contributed by atoms with van der Waals surface area (Å²) in [6, 6.07) is 8.73. The average Bonchev–Trinajstić information content (AvgIpc) is 2.33. The summed E-state index contributed by atoms with van der Waals surface area (Å²) < 4.78 is 39.6. The van der Waals surface area contributed by atoms with E-state index in [0.29, 0.717) is 0 Å². The first kappa shape index (κ1) is 13.6. The predicted octanol–water partition coefficient (Wildman–Crippen LogP) is 2.99.